The van der Waals surface area contributed by atoms with Crippen LogP contribution in [0.4, 0.5) is 0 Å². The van der Waals surface area contributed by atoms with Crippen LogP contribution >= 0.6 is 0 Å². The van der Waals surface area contributed by atoms with Gasteiger partial charge in [0.05, 0.1) is 16.2 Å². The summed E-state index contributed by atoms with van der Waals surface area (Å²) in [4.78, 5) is 19.1. The second-order valence-corrected chi connectivity index (χ2v) is 7.71. The van der Waals surface area contributed by atoms with Crippen LogP contribution in [0.3, 0.4) is 0 Å². The van der Waals surface area contributed by atoms with Crippen LogP contribution in [0, 0.1) is 0 Å². The van der Waals surface area contributed by atoms with Crippen molar-refractivity contribution in [3.63, 3.8) is 0 Å². The van der Waals surface area contributed by atoms with E-state index in [9.17, 15) is 13.2 Å². The average Bonchev–Trinajstić information content (AvgIpc) is 3.08. The van der Waals surface area contributed by atoms with E-state index < -0.39 is 9.84 Å². The second kappa shape index (κ2) is 6.12. The first kappa shape index (κ1) is 15.7. The van der Waals surface area contributed by atoms with E-state index in [-0.39, 0.29) is 10.8 Å². The van der Waals surface area contributed by atoms with Gasteiger partial charge in [0.1, 0.15) is 0 Å². The predicted octanol–water partition coefficient (Wildman–Crippen LogP) is 2.39. The largest absolute Gasteiger partial charge is 0.339 e. The Bertz CT molecular complexity index is 823. The summed E-state index contributed by atoms with van der Waals surface area (Å²) < 4.78 is 23.1. The molecule has 1 aliphatic heterocycles. The Kier molecular flexibility index (Phi) is 4.17. The van der Waals surface area contributed by atoms with E-state index in [0.29, 0.717) is 11.3 Å². The van der Waals surface area contributed by atoms with Gasteiger partial charge in [0.25, 0.3) is 5.91 Å². The number of amides is 1. The molecule has 1 fully saturated rings. The van der Waals surface area contributed by atoms with E-state index in [4.69, 9.17) is 0 Å². The Morgan fingerprint density at radius 2 is 1.74 bits per heavy atom. The van der Waals surface area contributed by atoms with Crippen LogP contribution in [0.1, 0.15) is 23.2 Å². The number of nitrogens with zero attached hydrogens (tertiary/aromatic N) is 2. The van der Waals surface area contributed by atoms with Crippen LogP contribution in [0.5, 0.6) is 0 Å². The van der Waals surface area contributed by atoms with Gasteiger partial charge in [-0.2, -0.15) is 0 Å². The molecule has 6 heteroatoms. The molecule has 1 aliphatic rings. The number of rotatable bonds is 3. The third-order valence-corrected chi connectivity index (χ3v) is 5.12. The Labute approximate surface area is 135 Å². The minimum absolute atomic E-state index is 0.0159. The zero-order valence-electron chi connectivity index (χ0n) is 12.9. The summed E-state index contributed by atoms with van der Waals surface area (Å²) in [7, 11) is -3.24. The molecule has 2 aromatic rings. The maximum atomic E-state index is 12.7. The van der Waals surface area contributed by atoms with E-state index in [2.05, 4.69) is 4.98 Å². The minimum Gasteiger partial charge on any atom is -0.339 e. The summed E-state index contributed by atoms with van der Waals surface area (Å²) in [5.41, 5.74) is 1.88. The van der Waals surface area contributed by atoms with Crippen molar-refractivity contribution in [2.75, 3.05) is 19.3 Å². The Morgan fingerprint density at radius 1 is 1.09 bits per heavy atom. The number of pyridine rings is 1. The Hall–Kier alpha value is -2.21. The van der Waals surface area contributed by atoms with Crippen LogP contribution < -0.4 is 0 Å². The number of carbonyl (C=O) groups is 1. The molecule has 1 aromatic carbocycles. The number of carbonyl (C=O) groups excluding carboxylic acids is 1. The van der Waals surface area contributed by atoms with Gasteiger partial charge in [0, 0.05) is 31.1 Å². The lowest BCUT2D eigenvalue weighted by atomic mass is 10.0. The van der Waals surface area contributed by atoms with Crippen LogP contribution in [-0.4, -0.2) is 43.6 Å². The lowest BCUT2D eigenvalue weighted by Gasteiger charge is -2.17. The summed E-state index contributed by atoms with van der Waals surface area (Å²) in [5.74, 6) is -0.0159. The van der Waals surface area contributed by atoms with E-state index in [1.54, 1.807) is 42.6 Å². The molecule has 0 aliphatic carbocycles. The van der Waals surface area contributed by atoms with E-state index in [0.717, 1.165) is 31.5 Å². The van der Waals surface area contributed by atoms with E-state index >= 15 is 0 Å². The quantitative estimate of drug-likeness (QED) is 0.866. The normalized spacial score (nSPS) is 14.9. The van der Waals surface area contributed by atoms with Gasteiger partial charge in [0.2, 0.25) is 0 Å². The first-order valence-corrected chi connectivity index (χ1v) is 9.41. The second-order valence-electron chi connectivity index (χ2n) is 5.70. The van der Waals surface area contributed by atoms with Crippen molar-refractivity contribution in [3.8, 4) is 11.3 Å². The van der Waals surface area contributed by atoms with Gasteiger partial charge in [0.15, 0.2) is 9.84 Å². The molecule has 0 saturated carbocycles. The van der Waals surface area contributed by atoms with Crippen molar-refractivity contribution in [2.24, 2.45) is 0 Å². The molecular weight excluding hydrogens is 312 g/mol. The number of sulfone groups is 1. The number of likely N-dealkylation sites (tertiary alicyclic amines) is 1. The average molecular weight is 330 g/mol. The summed E-state index contributed by atoms with van der Waals surface area (Å²) in [6, 6.07) is 10.00. The molecule has 0 unspecified atom stereocenters. The molecule has 0 radical (unpaired) electrons. The smallest absolute Gasteiger partial charge is 0.256 e. The van der Waals surface area contributed by atoms with Gasteiger partial charge in [-0.05, 0) is 37.1 Å². The zero-order valence-corrected chi connectivity index (χ0v) is 13.7. The fourth-order valence-corrected chi connectivity index (χ4v) is 3.39. The highest BCUT2D eigenvalue weighted by Gasteiger charge is 2.22. The third kappa shape index (κ3) is 3.27. The van der Waals surface area contributed by atoms with Crippen molar-refractivity contribution in [3.05, 3.63) is 48.2 Å². The zero-order chi connectivity index (χ0) is 16.4. The first-order valence-electron chi connectivity index (χ1n) is 7.51. The van der Waals surface area contributed by atoms with E-state index in [1.165, 1.54) is 6.26 Å². The van der Waals surface area contributed by atoms with Crippen molar-refractivity contribution < 1.29 is 13.2 Å². The van der Waals surface area contributed by atoms with Gasteiger partial charge in [-0.3, -0.25) is 9.78 Å². The topological polar surface area (TPSA) is 67.3 Å². The molecule has 0 atom stereocenters. The lowest BCUT2D eigenvalue weighted by molar-refractivity contribution is 0.0793. The Balaban J connectivity index is 1.98. The summed E-state index contributed by atoms with van der Waals surface area (Å²) in [6.45, 7) is 1.56. The van der Waals surface area contributed by atoms with Crippen molar-refractivity contribution in [1.29, 1.82) is 0 Å². The molecule has 0 bridgehead atoms. The molecule has 23 heavy (non-hydrogen) atoms. The number of hydrogen-bond acceptors (Lipinski definition) is 4. The molecule has 0 N–H and O–H groups in total. The van der Waals surface area contributed by atoms with Crippen LogP contribution in [-0.2, 0) is 9.84 Å². The van der Waals surface area contributed by atoms with Crippen LogP contribution in [0.25, 0.3) is 11.3 Å². The molecule has 0 spiro atoms. The molecule has 1 amide bonds. The molecule has 1 aromatic heterocycles. The summed E-state index contributed by atoms with van der Waals surface area (Å²) >= 11 is 0. The van der Waals surface area contributed by atoms with Gasteiger partial charge < -0.3 is 4.90 Å². The molecular formula is C17H18N2O3S. The summed E-state index contributed by atoms with van der Waals surface area (Å²) in [6.07, 6.45) is 4.88. The molecule has 3 rings (SSSR count). The monoisotopic (exact) mass is 330 g/mol. The molecule has 1 saturated heterocycles. The number of benzene rings is 1. The van der Waals surface area contributed by atoms with Crippen molar-refractivity contribution in [1.82, 2.24) is 9.88 Å². The van der Waals surface area contributed by atoms with Crippen LogP contribution in [0.2, 0.25) is 0 Å². The fourth-order valence-electron chi connectivity index (χ4n) is 2.76. The highest BCUT2D eigenvalue weighted by atomic mass is 32.2. The van der Waals surface area contributed by atoms with Gasteiger partial charge in [-0.1, -0.05) is 12.1 Å². The number of aromatic nitrogens is 1. The standard InChI is InChI=1S/C17H18N2O3S/c1-23(21,22)14-8-6-13(7-9-14)16-15(5-4-10-18-16)17(20)19-11-2-3-12-19/h4-10H,2-3,11-12H2,1H3. The third-order valence-electron chi connectivity index (χ3n) is 3.99. The Morgan fingerprint density at radius 3 is 2.35 bits per heavy atom. The maximum absolute atomic E-state index is 12.7. The van der Waals surface area contributed by atoms with E-state index in [1.807, 2.05) is 4.90 Å². The molecule has 5 nitrogen and oxygen atoms in total. The van der Waals surface area contributed by atoms with Gasteiger partial charge in [-0.25, -0.2) is 8.42 Å². The number of hydrogen-bond donors (Lipinski definition) is 0. The minimum atomic E-state index is -3.24. The molecule has 120 valence electrons. The van der Waals surface area contributed by atoms with Gasteiger partial charge in [-0.15, -0.1) is 0 Å². The highest BCUT2D eigenvalue weighted by molar-refractivity contribution is 7.90. The predicted molar refractivity (Wildman–Crippen MR) is 87.9 cm³/mol. The van der Waals surface area contributed by atoms with Crippen molar-refractivity contribution >= 4 is 15.7 Å². The SMILES string of the molecule is CS(=O)(=O)c1ccc(-c2ncccc2C(=O)N2CCCC2)cc1. The van der Waals surface area contributed by atoms with Crippen LogP contribution in [0.15, 0.2) is 47.5 Å². The lowest BCUT2D eigenvalue weighted by Crippen LogP contribution is -2.28. The summed E-state index contributed by atoms with van der Waals surface area (Å²) in [5, 5.41) is 0. The fraction of sp³-hybridized carbons (Fsp3) is 0.294. The highest BCUT2D eigenvalue weighted by Crippen LogP contribution is 2.25. The first-order chi connectivity index (χ1) is 11.0. The molecule has 2 heterocycles. The van der Waals surface area contributed by atoms with Crippen molar-refractivity contribution in [2.45, 2.75) is 17.7 Å². The maximum Gasteiger partial charge on any atom is 0.256 e. The van der Waals surface area contributed by atoms with Gasteiger partial charge >= 0.3 is 0 Å².